The highest BCUT2D eigenvalue weighted by Crippen LogP contribution is 2.60. The van der Waals surface area contributed by atoms with Gasteiger partial charge in [-0.25, -0.2) is 0 Å². The zero-order chi connectivity index (χ0) is 13.9. The van der Waals surface area contributed by atoms with Crippen molar-refractivity contribution in [1.29, 1.82) is 0 Å². The molecule has 4 saturated carbocycles. The molecule has 0 aromatic heterocycles. The quantitative estimate of drug-likeness (QED) is 0.678. The molecule has 0 spiro atoms. The Hall–Kier alpha value is -0.160. The summed E-state index contributed by atoms with van der Waals surface area (Å²) in [6.45, 7) is 3.99. The molecule has 0 aromatic rings. The third-order valence-corrected chi connectivity index (χ3v) is 5.46. The fraction of sp³-hybridized carbons (Fsp3) is 1.00. The van der Waals surface area contributed by atoms with Gasteiger partial charge in [-0.2, -0.15) is 0 Å². The highest BCUT2D eigenvalue weighted by atomic mass is 16.6. The number of ether oxygens (including phenoxy) is 1. The normalized spacial score (nSPS) is 51.3. The van der Waals surface area contributed by atoms with Crippen LogP contribution in [0.15, 0.2) is 0 Å². The Labute approximate surface area is 114 Å². The van der Waals surface area contributed by atoms with Gasteiger partial charge >= 0.3 is 0 Å². The molecule has 0 aliphatic heterocycles. The summed E-state index contributed by atoms with van der Waals surface area (Å²) in [4.78, 5) is 0. The minimum absolute atomic E-state index is 0.0808. The Morgan fingerprint density at radius 1 is 1.11 bits per heavy atom. The molecular weight excluding hydrogens is 244 g/mol. The van der Waals surface area contributed by atoms with Crippen molar-refractivity contribution >= 4 is 0 Å². The molecule has 0 saturated heterocycles. The predicted octanol–water partition coefficient (Wildman–Crippen LogP) is 1.57. The van der Waals surface area contributed by atoms with E-state index in [1.54, 1.807) is 0 Å². The van der Waals surface area contributed by atoms with Crippen molar-refractivity contribution in [2.45, 2.75) is 81.9 Å². The van der Waals surface area contributed by atoms with Crippen LogP contribution in [0.25, 0.3) is 0 Å². The first-order valence-corrected chi connectivity index (χ1v) is 7.58. The van der Waals surface area contributed by atoms with Gasteiger partial charge in [-0.05, 0) is 31.6 Å². The molecule has 0 aromatic carbocycles. The molecule has 4 fully saturated rings. The van der Waals surface area contributed by atoms with Gasteiger partial charge in [-0.3, -0.25) is 0 Å². The lowest BCUT2D eigenvalue weighted by Crippen LogP contribution is -2.67. The first kappa shape index (κ1) is 13.8. The summed E-state index contributed by atoms with van der Waals surface area (Å²) in [6, 6.07) is 0. The van der Waals surface area contributed by atoms with Crippen LogP contribution in [0.1, 0.15) is 58.8 Å². The predicted molar refractivity (Wildman–Crippen MR) is 70.4 cm³/mol. The molecule has 19 heavy (non-hydrogen) atoms. The van der Waals surface area contributed by atoms with Crippen molar-refractivity contribution < 1.29 is 20.1 Å². The van der Waals surface area contributed by atoms with E-state index in [0.717, 1.165) is 25.7 Å². The number of hydrogen-bond donors (Lipinski definition) is 3. The van der Waals surface area contributed by atoms with Crippen molar-refractivity contribution in [2.75, 3.05) is 0 Å². The second-order valence-corrected chi connectivity index (χ2v) is 7.53. The topological polar surface area (TPSA) is 69.9 Å². The van der Waals surface area contributed by atoms with Crippen LogP contribution in [0.4, 0.5) is 0 Å². The number of hydrogen-bond acceptors (Lipinski definition) is 4. The number of aliphatic hydroxyl groups excluding tert-OH is 1. The van der Waals surface area contributed by atoms with Gasteiger partial charge in [0.1, 0.15) is 0 Å². The number of rotatable bonds is 4. The third kappa shape index (κ3) is 2.33. The van der Waals surface area contributed by atoms with Crippen LogP contribution >= 0.6 is 0 Å². The molecule has 0 heterocycles. The van der Waals surface area contributed by atoms with Gasteiger partial charge in [0.25, 0.3) is 0 Å². The summed E-state index contributed by atoms with van der Waals surface area (Å²) in [6.07, 6.45) is 4.08. The van der Waals surface area contributed by atoms with E-state index in [2.05, 4.69) is 0 Å². The molecule has 4 aliphatic rings. The Morgan fingerprint density at radius 2 is 1.68 bits per heavy atom. The van der Waals surface area contributed by atoms with Crippen LogP contribution in [0.5, 0.6) is 0 Å². The van der Waals surface area contributed by atoms with Gasteiger partial charge in [0.2, 0.25) is 0 Å². The first-order valence-electron chi connectivity index (χ1n) is 7.58. The highest BCUT2D eigenvalue weighted by Gasteiger charge is 2.63. The van der Waals surface area contributed by atoms with Crippen molar-refractivity contribution in [3.63, 3.8) is 0 Å². The average molecular weight is 270 g/mol. The standard InChI is InChI=1S/C15H26O4/c1-3-10(2)12(16)19-15-6-11-4-13(17,8-15)7-14(18,5-11)9-15/h10-12,16-18H,3-9H2,1-2H3. The molecule has 0 radical (unpaired) electrons. The fourth-order valence-corrected chi connectivity index (χ4v) is 4.96. The van der Waals surface area contributed by atoms with Gasteiger partial charge in [-0.1, -0.05) is 13.8 Å². The molecule has 4 heteroatoms. The zero-order valence-electron chi connectivity index (χ0n) is 11.9. The monoisotopic (exact) mass is 270 g/mol. The maximum Gasteiger partial charge on any atom is 0.157 e. The largest absolute Gasteiger partial charge is 0.390 e. The van der Waals surface area contributed by atoms with E-state index >= 15 is 0 Å². The van der Waals surface area contributed by atoms with Crippen LogP contribution in [0.2, 0.25) is 0 Å². The van der Waals surface area contributed by atoms with Gasteiger partial charge in [0.05, 0.1) is 16.8 Å². The molecular formula is C15H26O4. The summed E-state index contributed by atoms with van der Waals surface area (Å²) in [5, 5.41) is 31.4. The van der Waals surface area contributed by atoms with Crippen molar-refractivity contribution in [1.82, 2.24) is 0 Å². The van der Waals surface area contributed by atoms with E-state index in [9.17, 15) is 15.3 Å². The molecule has 4 atom stereocenters. The Kier molecular flexibility index (Phi) is 3.03. The van der Waals surface area contributed by atoms with Crippen LogP contribution in [0.3, 0.4) is 0 Å². The van der Waals surface area contributed by atoms with E-state index in [-0.39, 0.29) is 5.92 Å². The summed E-state index contributed by atoms with van der Waals surface area (Å²) < 4.78 is 5.97. The van der Waals surface area contributed by atoms with Crippen molar-refractivity contribution in [3.05, 3.63) is 0 Å². The fourth-order valence-electron chi connectivity index (χ4n) is 4.96. The highest BCUT2D eigenvalue weighted by molar-refractivity contribution is 5.15. The lowest BCUT2D eigenvalue weighted by molar-refractivity contribution is -0.308. The summed E-state index contributed by atoms with van der Waals surface area (Å²) >= 11 is 0. The van der Waals surface area contributed by atoms with Crippen LogP contribution < -0.4 is 0 Å². The van der Waals surface area contributed by atoms with Gasteiger partial charge < -0.3 is 20.1 Å². The molecule has 4 bridgehead atoms. The minimum Gasteiger partial charge on any atom is -0.390 e. The molecule has 4 unspecified atom stereocenters. The molecule has 4 aliphatic carbocycles. The average Bonchev–Trinajstić information content (AvgIpc) is 2.21. The molecule has 0 amide bonds. The van der Waals surface area contributed by atoms with Gasteiger partial charge in [0.15, 0.2) is 6.29 Å². The maximum absolute atomic E-state index is 10.6. The van der Waals surface area contributed by atoms with E-state index in [1.807, 2.05) is 13.8 Å². The smallest absolute Gasteiger partial charge is 0.157 e. The second kappa shape index (κ2) is 4.17. The molecule has 4 nitrogen and oxygen atoms in total. The lowest BCUT2D eigenvalue weighted by Gasteiger charge is -2.63. The van der Waals surface area contributed by atoms with Crippen molar-refractivity contribution in [3.8, 4) is 0 Å². The second-order valence-electron chi connectivity index (χ2n) is 7.53. The maximum atomic E-state index is 10.6. The summed E-state index contributed by atoms with van der Waals surface area (Å²) in [5.41, 5.74) is -2.10. The molecule has 3 N–H and O–H groups in total. The zero-order valence-corrected chi connectivity index (χ0v) is 11.9. The molecule has 4 rings (SSSR count). The molecule has 110 valence electrons. The number of aliphatic hydroxyl groups is 3. The Bertz CT molecular complexity index is 351. The van der Waals surface area contributed by atoms with Crippen LogP contribution in [-0.2, 0) is 4.74 Å². The minimum atomic E-state index is -0.798. The van der Waals surface area contributed by atoms with E-state index in [4.69, 9.17) is 4.74 Å². The Balaban J connectivity index is 1.81. The van der Waals surface area contributed by atoms with Crippen molar-refractivity contribution in [2.24, 2.45) is 11.8 Å². The first-order chi connectivity index (χ1) is 8.77. The van der Waals surface area contributed by atoms with E-state index in [0.29, 0.717) is 25.2 Å². The van der Waals surface area contributed by atoms with Gasteiger partial charge in [-0.15, -0.1) is 0 Å². The van der Waals surface area contributed by atoms with E-state index < -0.39 is 23.1 Å². The third-order valence-electron chi connectivity index (χ3n) is 5.46. The Morgan fingerprint density at radius 3 is 2.16 bits per heavy atom. The van der Waals surface area contributed by atoms with Crippen LogP contribution in [0, 0.1) is 11.8 Å². The summed E-state index contributed by atoms with van der Waals surface area (Å²) in [7, 11) is 0. The van der Waals surface area contributed by atoms with Crippen LogP contribution in [-0.4, -0.2) is 38.4 Å². The van der Waals surface area contributed by atoms with E-state index in [1.165, 1.54) is 0 Å². The lowest BCUT2D eigenvalue weighted by atomic mass is 9.50. The van der Waals surface area contributed by atoms with Gasteiger partial charge in [0, 0.05) is 25.2 Å². The summed E-state index contributed by atoms with van der Waals surface area (Å²) in [5.74, 6) is 0.410. The SMILES string of the molecule is CCC(C)C(O)OC12CC3CC(O)(CC(O)(C3)C1)C2.